The number of carbonyl (C=O) groups excluding carboxylic acids is 1. The van der Waals surface area contributed by atoms with E-state index in [4.69, 9.17) is 19.2 Å². The summed E-state index contributed by atoms with van der Waals surface area (Å²) < 4.78 is 16.9. The molecule has 1 heterocycles. The van der Waals surface area contributed by atoms with Crippen molar-refractivity contribution < 1.29 is 18.7 Å². The zero-order chi connectivity index (χ0) is 17.8. The highest BCUT2D eigenvalue weighted by Gasteiger charge is 2.14. The van der Waals surface area contributed by atoms with Crippen LogP contribution in [0.25, 0.3) is 11.1 Å². The molecule has 0 fully saturated rings. The molecule has 0 aliphatic heterocycles. The summed E-state index contributed by atoms with van der Waals surface area (Å²) in [6.07, 6.45) is -0.0212. The van der Waals surface area contributed by atoms with Crippen molar-refractivity contribution in [1.29, 1.82) is 5.26 Å². The van der Waals surface area contributed by atoms with Crippen LogP contribution in [0, 0.1) is 11.3 Å². The van der Waals surface area contributed by atoms with Gasteiger partial charge in [-0.25, -0.2) is 4.79 Å². The van der Waals surface area contributed by atoms with E-state index in [2.05, 4.69) is 0 Å². The fourth-order valence-electron chi connectivity index (χ4n) is 2.42. The summed E-state index contributed by atoms with van der Waals surface area (Å²) in [6.45, 7) is 0.132. The molecule has 3 rings (SSSR count). The van der Waals surface area contributed by atoms with E-state index < -0.39 is 11.7 Å². The number of esters is 1. The van der Waals surface area contributed by atoms with Crippen molar-refractivity contribution >= 4 is 17.1 Å². The number of benzene rings is 2. The summed E-state index contributed by atoms with van der Waals surface area (Å²) in [6, 6.07) is 13.5. The Balaban J connectivity index is 1.72. The van der Waals surface area contributed by atoms with Gasteiger partial charge in [-0.3, -0.25) is 9.36 Å². The van der Waals surface area contributed by atoms with Crippen LogP contribution < -0.4 is 15.2 Å². The third-order valence-corrected chi connectivity index (χ3v) is 3.63. The molecule has 0 aliphatic rings. The Morgan fingerprint density at radius 3 is 2.80 bits per heavy atom. The highest BCUT2D eigenvalue weighted by atomic mass is 16.6. The monoisotopic (exact) mass is 338 g/mol. The first-order valence-electron chi connectivity index (χ1n) is 7.49. The van der Waals surface area contributed by atoms with E-state index in [9.17, 15) is 9.59 Å². The van der Waals surface area contributed by atoms with Gasteiger partial charge in [0.1, 0.15) is 0 Å². The van der Waals surface area contributed by atoms with E-state index >= 15 is 0 Å². The van der Waals surface area contributed by atoms with Crippen LogP contribution in [0.2, 0.25) is 0 Å². The lowest BCUT2D eigenvalue weighted by atomic mass is 10.2. The predicted octanol–water partition coefficient (Wildman–Crippen LogP) is 2.47. The maximum atomic E-state index is 12.1. The lowest BCUT2D eigenvalue weighted by Crippen LogP contribution is -2.18. The molecule has 0 saturated carbocycles. The molecule has 0 bridgehead atoms. The largest absolute Gasteiger partial charge is 0.493 e. The molecule has 25 heavy (non-hydrogen) atoms. The van der Waals surface area contributed by atoms with E-state index in [1.54, 1.807) is 24.3 Å². The molecule has 1 aromatic heterocycles. The lowest BCUT2D eigenvalue weighted by molar-refractivity contribution is -0.134. The minimum absolute atomic E-state index is 0.0212. The van der Waals surface area contributed by atoms with Crippen LogP contribution in [0.4, 0.5) is 0 Å². The van der Waals surface area contributed by atoms with Gasteiger partial charge in [0.2, 0.25) is 0 Å². The Labute approximate surface area is 142 Å². The predicted molar refractivity (Wildman–Crippen MR) is 88.4 cm³/mol. The van der Waals surface area contributed by atoms with Gasteiger partial charge < -0.3 is 13.9 Å². The Kier molecular flexibility index (Phi) is 4.53. The highest BCUT2D eigenvalue weighted by molar-refractivity contribution is 5.75. The highest BCUT2D eigenvalue weighted by Crippen LogP contribution is 2.28. The van der Waals surface area contributed by atoms with Crippen LogP contribution >= 0.6 is 0 Å². The minimum Gasteiger partial charge on any atom is -0.493 e. The maximum Gasteiger partial charge on any atom is 0.419 e. The molecule has 7 heteroatoms. The molecular weight excluding hydrogens is 324 g/mol. The molecule has 0 radical (unpaired) electrons. The Morgan fingerprint density at radius 1 is 1.24 bits per heavy atom. The van der Waals surface area contributed by atoms with E-state index in [0.29, 0.717) is 22.4 Å². The number of aryl methyl sites for hydroxylation is 1. The Morgan fingerprint density at radius 2 is 2.04 bits per heavy atom. The fourth-order valence-corrected chi connectivity index (χ4v) is 2.42. The number of para-hydroxylation sites is 2. The van der Waals surface area contributed by atoms with Gasteiger partial charge in [0, 0.05) is 12.6 Å². The van der Waals surface area contributed by atoms with Gasteiger partial charge in [-0.1, -0.05) is 12.1 Å². The molecule has 0 atom stereocenters. The number of oxazole rings is 1. The van der Waals surface area contributed by atoms with Gasteiger partial charge in [0.25, 0.3) is 0 Å². The van der Waals surface area contributed by atoms with Crippen molar-refractivity contribution in [2.75, 3.05) is 7.11 Å². The second-order valence-corrected chi connectivity index (χ2v) is 5.19. The first-order valence-corrected chi connectivity index (χ1v) is 7.49. The molecular formula is C18H14N2O5. The molecule has 0 saturated heterocycles. The zero-order valence-corrected chi connectivity index (χ0v) is 13.4. The van der Waals surface area contributed by atoms with Crippen molar-refractivity contribution in [3.63, 3.8) is 0 Å². The van der Waals surface area contributed by atoms with Crippen molar-refractivity contribution in [3.05, 3.63) is 58.6 Å². The number of ether oxygens (including phenoxy) is 2. The second-order valence-electron chi connectivity index (χ2n) is 5.19. The number of methoxy groups -OCH3 is 1. The summed E-state index contributed by atoms with van der Waals surface area (Å²) in [7, 11) is 1.42. The summed E-state index contributed by atoms with van der Waals surface area (Å²) in [4.78, 5) is 24.0. The van der Waals surface area contributed by atoms with Crippen LogP contribution in [0.3, 0.4) is 0 Å². The minimum atomic E-state index is -0.528. The molecule has 0 spiro atoms. The molecule has 0 unspecified atom stereocenters. The SMILES string of the molecule is COc1cc(C#N)ccc1OC(=O)CCn1c(=O)oc2ccccc21. The fraction of sp³-hybridized carbons (Fsp3) is 0.167. The quantitative estimate of drug-likeness (QED) is 0.524. The van der Waals surface area contributed by atoms with E-state index in [1.807, 2.05) is 6.07 Å². The van der Waals surface area contributed by atoms with E-state index in [0.717, 1.165) is 0 Å². The van der Waals surface area contributed by atoms with Crippen LogP contribution in [-0.2, 0) is 11.3 Å². The number of nitrogens with zero attached hydrogens (tertiary/aromatic N) is 2. The summed E-state index contributed by atoms with van der Waals surface area (Å²) in [5, 5.41) is 8.88. The van der Waals surface area contributed by atoms with E-state index in [1.165, 1.54) is 29.9 Å². The number of hydrogen-bond acceptors (Lipinski definition) is 6. The van der Waals surface area contributed by atoms with Crippen molar-refractivity contribution in [3.8, 4) is 17.6 Å². The number of hydrogen-bond donors (Lipinski definition) is 0. The van der Waals surface area contributed by atoms with Crippen molar-refractivity contribution in [2.45, 2.75) is 13.0 Å². The molecule has 7 nitrogen and oxygen atoms in total. The van der Waals surface area contributed by atoms with Gasteiger partial charge in [-0.15, -0.1) is 0 Å². The number of rotatable bonds is 5. The first kappa shape index (κ1) is 16.3. The summed E-state index contributed by atoms with van der Waals surface area (Å²) >= 11 is 0. The number of fused-ring (bicyclic) bond motifs is 1. The molecule has 0 amide bonds. The summed E-state index contributed by atoms with van der Waals surface area (Å²) in [5.74, 6) is -0.542. The van der Waals surface area contributed by atoms with Crippen LogP contribution in [-0.4, -0.2) is 17.6 Å². The average Bonchev–Trinajstić information content (AvgIpc) is 2.95. The lowest BCUT2D eigenvalue weighted by Gasteiger charge is -2.09. The topological polar surface area (TPSA) is 94.5 Å². The average molecular weight is 338 g/mol. The zero-order valence-electron chi connectivity index (χ0n) is 13.4. The number of aromatic nitrogens is 1. The molecule has 2 aromatic carbocycles. The summed E-state index contributed by atoms with van der Waals surface area (Å²) in [5.41, 5.74) is 1.49. The Hall–Kier alpha value is -3.53. The maximum absolute atomic E-state index is 12.1. The van der Waals surface area contributed by atoms with Gasteiger partial charge >= 0.3 is 11.7 Å². The van der Waals surface area contributed by atoms with E-state index in [-0.39, 0.29) is 18.7 Å². The van der Waals surface area contributed by atoms with Crippen LogP contribution in [0.15, 0.2) is 51.7 Å². The normalized spacial score (nSPS) is 10.4. The first-order chi connectivity index (χ1) is 12.1. The second kappa shape index (κ2) is 6.93. The van der Waals surface area contributed by atoms with Crippen LogP contribution in [0.1, 0.15) is 12.0 Å². The number of carbonyl (C=O) groups is 1. The standard InChI is InChI=1S/C18H14N2O5/c1-23-16-10-12(11-19)6-7-15(16)24-17(21)8-9-20-13-4-2-3-5-14(13)25-18(20)22/h2-7,10H,8-9H2,1H3. The number of nitriles is 1. The van der Waals surface area contributed by atoms with Crippen molar-refractivity contribution in [2.24, 2.45) is 0 Å². The molecule has 3 aromatic rings. The Bertz CT molecular complexity index is 1030. The van der Waals surface area contributed by atoms with Crippen molar-refractivity contribution in [1.82, 2.24) is 4.57 Å². The smallest absolute Gasteiger partial charge is 0.419 e. The van der Waals surface area contributed by atoms with Crippen LogP contribution in [0.5, 0.6) is 11.5 Å². The van der Waals surface area contributed by atoms with Gasteiger partial charge in [0.15, 0.2) is 17.1 Å². The third-order valence-electron chi connectivity index (χ3n) is 3.63. The molecule has 0 aliphatic carbocycles. The molecule has 126 valence electrons. The van der Waals surface area contributed by atoms with Gasteiger partial charge in [0.05, 0.1) is 30.7 Å². The van der Waals surface area contributed by atoms with Gasteiger partial charge in [-0.05, 0) is 24.3 Å². The molecule has 0 N–H and O–H groups in total. The van der Waals surface area contributed by atoms with Gasteiger partial charge in [-0.2, -0.15) is 5.26 Å². The third kappa shape index (κ3) is 3.38.